The van der Waals surface area contributed by atoms with Crippen molar-refractivity contribution in [3.8, 4) is 17.1 Å². The number of rotatable bonds is 4. The monoisotopic (exact) mass is 366 g/mol. The summed E-state index contributed by atoms with van der Waals surface area (Å²) in [6.45, 7) is 2.08. The maximum atomic E-state index is 12.4. The van der Waals surface area contributed by atoms with Crippen molar-refractivity contribution in [3.05, 3.63) is 59.1 Å². The second-order valence-corrected chi connectivity index (χ2v) is 6.32. The number of hydrogen-bond acceptors (Lipinski definition) is 5. The summed E-state index contributed by atoms with van der Waals surface area (Å²) in [5.41, 5.74) is 2.30. The van der Waals surface area contributed by atoms with Crippen LogP contribution in [0.4, 0.5) is 5.95 Å². The van der Waals surface area contributed by atoms with Crippen LogP contribution in [0.25, 0.3) is 11.4 Å². The Morgan fingerprint density at radius 3 is 2.77 bits per heavy atom. The van der Waals surface area contributed by atoms with E-state index in [1.165, 1.54) is 4.68 Å². The Kier molecular flexibility index (Phi) is 4.26. The molecule has 6 nitrogen and oxygen atoms in total. The van der Waals surface area contributed by atoms with Gasteiger partial charge >= 0.3 is 0 Å². The predicted molar refractivity (Wildman–Crippen MR) is 99.5 cm³/mol. The zero-order chi connectivity index (χ0) is 18.1. The summed E-state index contributed by atoms with van der Waals surface area (Å²) in [7, 11) is 0. The molecule has 1 aliphatic heterocycles. The van der Waals surface area contributed by atoms with Crippen LogP contribution in [0.2, 0.25) is 5.02 Å². The molecule has 0 fully saturated rings. The molecular weight excluding hydrogens is 352 g/mol. The van der Waals surface area contributed by atoms with Crippen molar-refractivity contribution in [3.63, 3.8) is 0 Å². The molecule has 7 heteroatoms. The van der Waals surface area contributed by atoms with Gasteiger partial charge < -0.3 is 4.74 Å². The van der Waals surface area contributed by atoms with Crippen LogP contribution in [0.5, 0.6) is 5.75 Å². The Labute approximate surface area is 155 Å². The molecule has 0 spiro atoms. The van der Waals surface area contributed by atoms with Gasteiger partial charge in [-0.05, 0) is 19.1 Å². The average Bonchev–Trinajstić information content (AvgIpc) is 3.08. The van der Waals surface area contributed by atoms with Gasteiger partial charge in [0.1, 0.15) is 12.4 Å². The third kappa shape index (κ3) is 3.11. The second-order valence-electron chi connectivity index (χ2n) is 5.91. The van der Waals surface area contributed by atoms with E-state index in [1.807, 2.05) is 49.4 Å². The first kappa shape index (κ1) is 16.5. The normalized spacial score (nSPS) is 13.3. The van der Waals surface area contributed by atoms with Crippen molar-refractivity contribution in [2.24, 2.45) is 4.99 Å². The summed E-state index contributed by atoms with van der Waals surface area (Å²) in [5.74, 6) is 1.25. The molecule has 0 aliphatic carbocycles. The molecule has 0 radical (unpaired) electrons. The van der Waals surface area contributed by atoms with Crippen LogP contribution in [0.3, 0.4) is 0 Å². The van der Waals surface area contributed by atoms with Crippen molar-refractivity contribution in [1.82, 2.24) is 14.8 Å². The number of aliphatic imine (C=N–C) groups is 1. The number of nitrogens with zero attached hydrogens (tertiary/aromatic N) is 4. The van der Waals surface area contributed by atoms with Crippen molar-refractivity contribution in [2.45, 2.75) is 13.3 Å². The van der Waals surface area contributed by atoms with Gasteiger partial charge in [0, 0.05) is 16.1 Å². The van der Waals surface area contributed by atoms with Crippen LogP contribution in [0.15, 0.2) is 53.5 Å². The van der Waals surface area contributed by atoms with Crippen LogP contribution in [-0.4, -0.2) is 33.0 Å². The van der Waals surface area contributed by atoms with E-state index >= 15 is 0 Å². The second kappa shape index (κ2) is 6.72. The van der Waals surface area contributed by atoms with Gasteiger partial charge in [-0.1, -0.05) is 48.0 Å². The highest BCUT2D eigenvalue weighted by Gasteiger charge is 2.24. The van der Waals surface area contributed by atoms with Gasteiger partial charge in [0.2, 0.25) is 0 Å². The smallest absolute Gasteiger partial charge is 0.255 e. The minimum Gasteiger partial charge on any atom is -0.487 e. The molecule has 130 valence electrons. The van der Waals surface area contributed by atoms with Crippen LogP contribution >= 0.6 is 11.6 Å². The van der Waals surface area contributed by atoms with E-state index in [0.29, 0.717) is 22.3 Å². The zero-order valence-electron chi connectivity index (χ0n) is 14.0. The Morgan fingerprint density at radius 2 is 1.96 bits per heavy atom. The Balaban J connectivity index is 1.57. The van der Waals surface area contributed by atoms with Gasteiger partial charge in [-0.15, -0.1) is 5.10 Å². The lowest BCUT2D eigenvalue weighted by atomic mass is 10.2. The standard InChI is InChI=1S/C19H15ClN4O2/c1-12-15(20)8-5-9-16(12)26-11-14-10-17(25)24-19(21-14)22-18(23-24)13-6-3-2-4-7-13/h2-9H,10-11H2,1H3. The highest BCUT2D eigenvalue weighted by atomic mass is 35.5. The molecule has 2 aromatic carbocycles. The maximum Gasteiger partial charge on any atom is 0.255 e. The fraction of sp³-hybridized carbons (Fsp3) is 0.158. The summed E-state index contributed by atoms with van der Waals surface area (Å²) in [6, 6.07) is 14.9. The quantitative estimate of drug-likeness (QED) is 0.697. The lowest BCUT2D eigenvalue weighted by Gasteiger charge is -2.14. The topological polar surface area (TPSA) is 69.4 Å². The first-order valence-corrected chi connectivity index (χ1v) is 8.49. The van der Waals surface area contributed by atoms with Crippen molar-refractivity contribution < 1.29 is 9.53 Å². The minimum atomic E-state index is -0.175. The molecule has 0 saturated carbocycles. The molecule has 3 aromatic rings. The van der Waals surface area contributed by atoms with Gasteiger partial charge in [0.05, 0.1) is 12.1 Å². The van der Waals surface area contributed by atoms with Crippen LogP contribution < -0.4 is 4.74 Å². The fourth-order valence-electron chi connectivity index (χ4n) is 2.67. The molecule has 0 saturated heterocycles. The number of carbonyl (C=O) groups is 1. The predicted octanol–water partition coefficient (Wildman–Crippen LogP) is 4.10. The van der Waals surface area contributed by atoms with E-state index in [4.69, 9.17) is 16.3 Å². The number of aromatic nitrogens is 3. The van der Waals surface area contributed by atoms with Crippen molar-refractivity contribution in [2.75, 3.05) is 6.61 Å². The van der Waals surface area contributed by atoms with Gasteiger partial charge in [-0.25, -0.2) is 4.99 Å². The maximum absolute atomic E-state index is 12.4. The number of halogens is 1. The number of ether oxygens (including phenoxy) is 1. The summed E-state index contributed by atoms with van der Waals surface area (Å²) < 4.78 is 7.03. The SMILES string of the molecule is Cc1c(Cl)cccc1OCC1=Nc2nc(-c3ccccc3)nn2C(=O)C1. The van der Waals surface area contributed by atoms with Crippen LogP contribution in [0.1, 0.15) is 16.8 Å². The molecular formula is C19H15ClN4O2. The molecule has 4 rings (SSSR count). The van der Waals surface area contributed by atoms with E-state index in [1.54, 1.807) is 6.07 Å². The Hall–Kier alpha value is -2.99. The van der Waals surface area contributed by atoms with Crippen molar-refractivity contribution in [1.29, 1.82) is 0 Å². The molecule has 0 unspecified atom stereocenters. The minimum absolute atomic E-state index is 0.143. The molecule has 0 atom stereocenters. The van der Waals surface area contributed by atoms with E-state index in [-0.39, 0.29) is 24.9 Å². The summed E-state index contributed by atoms with van der Waals surface area (Å²) >= 11 is 6.10. The molecule has 2 heterocycles. The molecule has 0 bridgehead atoms. The van der Waals surface area contributed by atoms with Gasteiger partial charge in [0.25, 0.3) is 11.9 Å². The third-order valence-corrected chi connectivity index (χ3v) is 4.49. The number of fused-ring (bicyclic) bond motifs is 1. The summed E-state index contributed by atoms with van der Waals surface area (Å²) in [5, 5.41) is 4.91. The van der Waals surface area contributed by atoms with E-state index < -0.39 is 0 Å². The Morgan fingerprint density at radius 1 is 1.15 bits per heavy atom. The summed E-state index contributed by atoms with van der Waals surface area (Å²) in [6.07, 6.45) is 0.143. The molecule has 26 heavy (non-hydrogen) atoms. The lowest BCUT2D eigenvalue weighted by molar-refractivity contribution is 0.0904. The Bertz CT molecular complexity index is 1010. The highest BCUT2D eigenvalue weighted by molar-refractivity contribution is 6.31. The molecule has 1 aromatic heterocycles. The number of benzene rings is 2. The molecule has 1 aliphatic rings. The highest BCUT2D eigenvalue weighted by Crippen LogP contribution is 2.26. The first-order valence-electron chi connectivity index (χ1n) is 8.12. The van der Waals surface area contributed by atoms with Crippen molar-refractivity contribution >= 4 is 29.2 Å². The largest absolute Gasteiger partial charge is 0.487 e. The van der Waals surface area contributed by atoms with Gasteiger partial charge in [0.15, 0.2) is 5.82 Å². The fourth-order valence-corrected chi connectivity index (χ4v) is 2.84. The number of hydrogen-bond donors (Lipinski definition) is 0. The van der Waals surface area contributed by atoms with Gasteiger partial charge in [-0.2, -0.15) is 9.67 Å². The van der Waals surface area contributed by atoms with E-state index in [2.05, 4.69) is 15.1 Å². The molecule has 0 amide bonds. The summed E-state index contributed by atoms with van der Waals surface area (Å²) in [4.78, 5) is 21.2. The van der Waals surface area contributed by atoms with E-state index in [9.17, 15) is 4.79 Å². The number of carbonyl (C=O) groups excluding carboxylic acids is 1. The zero-order valence-corrected chi connectivity index (χ0v) is 14.8. The van der Waals surface area contributed by atoms with Gasteiger partial charge in [-0.3, -0.25) is 4.79 Å². The molecule has 0 N–H and O–H groups in total. The average molecular weight is 367 g/mol. The van der Waals surface area contributed by atoms with Crippen LogP contribution in [0, 0.1) is 6.92 Å². The lowest BCUT2D eigenvalue weighted by Crippen LogP contribution is -2.25. The van der Waals surface area contributed by atoms with Crippen LogP contribution in [-0.2, 0) is 0 Å². The first-order chi connectivity index (χ1) is 12.6. The van der Waals surface area contributed by atoms with E-state index in [0.717, 1.165) is 11.1 Å². The third-order valence-electron chi connectivity index (χ3n) is 4.08.